The summed E-state index contributed by atoms with van der Waals surface area (Å²) in [7, 11) is 0. The van der Waals surface area contributed by atoms with Crippen LogP contribution in [0, 0.1) is 0 Å². The van der Waals surface area contributed by atoms with Gasteiger partial charge in [0.2, 0.25) is 0 Å². The van der Waals surface area contributed by atoms with Crippen LogP contribution < -0.4 is 0 Å². The van der Waals surface area contributed by atoms with Crippen molar-refractivity contribution >= 4 is 54.8 Å². The van der Waals surface area contributed by atoms with Crippen molar-refractivity contribution in [3.63, 3.8) is 0 Å². The second-order valence-corrected chi connectivity index (χ2v) is 13.6. The normalized spacial score (nSPS) is 11.8. The van der Waals surface area contributed by atoms with Crippen LogP contribution in [0.25, 0.3) is 99.8 Å². The Hall–Kier alpha value is -7.17. The highest BCUT2D eigenvalue weighted by Gasteiger charge is 2.19. The number of aromatic nitrogens is 3. The van der Waals surface area contributed by atoms with Crippen molar-refractivity contribution in [1.29, 1.82) is 0 Å². The largest absolute Gasteiger partial charge is 0.454 e. The summed E-state index contributed by atoms with van der Waals surface area (Å²) in [4.78, 5) is 5.02. The molecule has 0 aliphatic heterocycles. The van der Waals surface area contributed by atoms with Crippen molar-refractivity contribution in [3.05, 3.63) is 188 Å². The van der Waals surface area contributed by atoms with E-state index in [1.807, 2.05) is 12.1 Å². The lowest BCUT2D eigenvalue weighted by atomic mass is 10.0. The quantitative estimate of drug-likeness (QED) is 0.182. The predicted octanol–water partition coefficient (Wildman–Crippen LogP) is 13.0. The lowest BCUT2D eigenvalue weighted by molar-refractivity contribution is 0.666. The summed E-state index contributed by atoms with van der Waals surface area (Å²) < 4.78 is 11.4. The molecule has 0 amide bonds. The summed E-state index contributed by atoms with van der Waals surface area (Å²) in [6.45, 7) is 0. The fourth-order valence-electron chi connectivity index (χ4n) is 8.05. The third-order valence-corrected chi connectivity index (χ3v) is 10.6. The van der Waals surface area contributed by atoms with Gasteiger partial charge in [-0.05, 0) is 82.9 Å². The van der Waals surface area contributed by atoms with Crippen LogP contribution in [0.5, 0.6) is 0 Å². The summed E-state index contributed by atoms with van der Waals surface area (Å²) in [5.41, 5.74) is 13.9. The Morgan fingerprint density at radius 1 is 0.377 bits per heavy atom. The number of fused-ring (bicyclic) bond motifs is 7. The highest BCUT2D eigenvalue weighted by molar-refractivity contribution is 6.13. The van der Waals surface area contributed by atoms with E-state index < -0.39 is 0 Å². The molecule has 0 N–H and O–H groups in total. The van der Waals surface area contributed by atoms with E-state index in [1.165, 1.54) is 21.9 Å². The maximum atomic E-state index is 6.82. The molecular weight excluding hydrogens is 647 g/mol. The fourth-order valence-corrected chi connectivity index (χ4v) is 8.05. The number of rotatable bonds is 5. The molecular formula is C49H31N3O. The molecule has 0 atom stereocenters. The highest BCUT2D eigenvalue weighted by Crippen LogP contribution is 2.40. The van der Waals surface area contributed by atoms with E-state index in [0.717, 1.165) is 77.9 Å². The van der Waals surface area contributed by atoms with Crippen molar-refractivity contribution < 1.29 is 4.42 Å². The van der Waals surface area contributed by atoms with Gasteiger partial charge in [-0.1, -0.05) is 127 Å². The number of imidazole rings is 1. The average molecular weight is 678 g/mol. The second-order valence-electron chi connectivity index (χ2n) is 13.6. The lowest BCUT2D eigenvalue weighted by Gasteiger charge is -2.11. The first kappa shape index (κ1) is 29.5. The smallest absolute Gasteiger partial charge is 0.159 e. The molecule has 4 heteroatoms. The number of nitrogens with zero attached hydrogens (tertiary/aromatic N) is 3. The van der Waals surface area contributed by atoms with Crippen molar-refractivity contribution in [2.24, 2.45) is 0 Å². The molecule has 0 saturated carbocycles. The molecule has 0 bridgehead atoms. The van der Waals surface area contributed by atoms with Crippen LogP contribution in [0.1, 0.15) is 0 Å². The summed E-state index contributed by atoms with van der Waals surface area (Å²) >= 11 is 0. The number of hydrogen-bond donors (Lipinski definition) is 0. The molecule has 248 valence electrons. The average Bonchev–Trinajstić information content (AvgIpc) is 3.91. The van der Waals surface area contributed by atoms with E-state index in [-0.39, 0.29) is 0 Å². The lowest BCUT2D eigenvalue weighted by Crippen LogP contribution is -1.97. The first-order valence-electron chi connectivity index (χ1n) is 18.0. The second kappa shape index (κ2) is 11.7. The SMILES string of the molecule is c1ccc(-c2ccc3c(c2)c2ccccc2n3-c2cccc3c2oc2cc(-c4ccc(-n5c(-c6ccccc6)nc6ccccc65)cc4)ccc23)cc1. The van der Waals surface area contributed by atoms with E-state index in [1.54, 1.807) is 0 Å². The molecule has 53 heavy (non-hydrogen) atoms. The Balaban J connectivity index is 1.02. The van der Waals surface area contributed by atoms with Crippen LogP contribution >= 0.6 is 0 Å². The Kier molecular flexibility index (Phi) is 6.52. The predicted molar refractivity (Wildman–Crippen MR) is 219 cm³/mol. The van der Waals surface area contributed by atoms with Crippen molar-refractivity contribution in [2.45, 2.75) is 0 Å². The van der Waals surface area contributed by atoms with Crippen molar-refractivity contribution in [1.82, 2.24) is 14.1 Å². The standard InChI is InChI=1S/C49H31N3O/c1-3-12-32(13-4-1)35-25-29-44-41(30-35)38-16-7-9-19-43(38)52(44)46-21-11-17-40-39-28-24-36(31-47(39)53-48(40)46)33-22-26-37(27-23-33)51-45-20-10-8-18-42(45)50-49(51)34-14-5-2-6-15-34/h1-31H. The van der Waals surface area contributed by atoms with Crippen molar-refractivity contribution in [2.75, 3.05) is 0 Å². The molecule has 0 aliphatic rings. The van der Waals surface area contributed by atoms with Gasteiger partial charge in [-0.3, -0.25) is 4.57 Å². The maximum absolute atomic E-state index is 6.82. The highest BCUT2D eigenvalue weighted by atomic mass is 16.3. The zero-order chi connectivity index (χ0) is 34.9. The van der Waals surface area contributed by atoms with Crippen LogP contribution in [-0.2, 0) is 0 Å². The minimum atomic E-state index is 0.869. The van der Waals surface area contributed by atoms with Crippen LogP contribution in [0.15, 0.2) is 192 Å². The van der Waals surface area contributed by atoms with Gasteiger partial charge in [0.05, 0.1) is 27.8 Å². The van der Waals surface area contributed by atoms with E-state index >= 15 is 0 Å². The molecule has 11 rings (SSSR count). The molecule has 0 aliphatic carbocycles. The van der Waals surface area contributed by atoms with Crippen LogP contribution in [0.3, 0.4) is 0 Å². The molecule has 4 nitrogen and oxygen atoms in total. The van der Waals surface area contributed by atoms with E-state index in [0.29, 0.717) is 0 Å². The Bertz CT molecular complexity index is 3150. The summed E-state index contributed by atoms with van der Waals surface area (Å²) in [5.74, 6) is 0.930. The number of para-hydroxylation sites is 4. The van der Waals surface area contributed by atoms with Crippen LogP contribution in [0.4, 0.5) is 0 Å². The molecule has 11 aromatic rings. The molecule has 0 saturated heterocycles. The topological polar surface area (TPSA) is 35.9 Å². The molecule has 8 aromatic carbocycles. The zero-order valence-corrected chi connectivity index (χ0v) is 28.6. The van der Waals surface area contributed by atoms with Crippen LogP contribution in [0.2, 0.25) is 0 Å². The van der Waals surface area contributed by atoms with Gasteiger partial charge in [-0.25, -0.2) is 4.98 Å². The molecule has 0 spiro atoms. The van der Waals surface area contributed by atoms with Crippen molar-refractivity contribution in [3.8, 4) is 45.0 Å². The molecule has 0 fully saturated rings. The van der Waals surface area contributed by atoms with Gasteiger partial charge in [0, 0.05) is 32.8 Å². The zero-order valence-electron chi connectivity index (χ0n) is 28.6. The third kappa shape index (κ3) is 4.66. The molecule has 3 aromatic heterocycles. The number of benzene rings is 8. The number of furan rings is 1. The maximum Gasteiger partial charge on any atom is 0.159 e. The van der Waals surface area contributed by atoms with Gasteiger partial charge in [-0.2, -0.15) is 0 Å². The van der Waals surface area contributed by atoms with E-state index in [4.69, 9.17) is 9.40 Å². The van der Waals surface area contributed by atoms with Gasteiger partial charge in [0.15, 0.2) is 5.58 Å². The summed E-state index contributed by atoms with van der Waals surface area (Å²) in [6, 6.07) is 66.5. The van der Waals surface area contributed by atoms with Gasteiger partial charge >= 0.3 is 0 Å². The summed E-state index contributed by atoms with van der Waals surface area (Å²) in [5, 5.41) is 4.65. The third-order valence-electron chi connectivity index (χ3n) is 10.6. The van der Waals surface area contributed by atoms with Gasteiger partial charge < -0.3 is 8.98 Å². The molecule has 0 radical (unpaired) electrons. The Morgan fingerprint density at radius 3 is 1.83 bits per heavy atom. The minimum absolute atomic E-state index is 0.869. The first-order chi connectivity index (χ1) is 26.3. The van der Waals surface area contributed by atoms with Gasteiger partial charge in [-0.15, -0.1) is 0 Å². The number of hydrogen-bond acceptors (Lipinski definition) is 2. The minimum Gasteiger partial charge on any atom is -0.454 e. The Morgan fingerprint density at radius 2 is 1.00 bits per heavy atom. The fraction of sp³-hybridized carbons (Fsp3) is 0. The molecule has 3 heterocycles. The van der Waals surface area contributed by atoms with E-state index in [2.05, 4.69) is 185 Å². The Labute approximate surface area is 305 Å². The molecule has 0 unspecified atom stereocenters. The monoisotopic (exact) mass is 677 g/mol. The first-order valence-corrected chi connectivity index (χ1v) is 18.0. The van der Waals surface area contributed by atoms with E-state index in [9.17, 15) is 0 Å². The summed E-state index contributed by atoms with van der Waals surface area (Å²) in [6.07, 6.45) is 0. The van der Waals surface area contributed by atoms with Gasteiger partial charge in [0.25, 0.3) is 0 Å². The van der Waals surface area contributed by atoms with Gasteiger partial charge in [0.1, 0.15) is 11.4 Å². The van der Waals surface area contributed by atoms with Crippen LogP contribution in [-0.4, -0.2) is 14.1 Å².